The lowest BCUT2D eigenvalue weighted by molar-refractivity contribution is 0.173. The van der Waals surface area contributed by atoms with Crippen LogP contribution in [-0.2, 0) is 0 Å². The third kappa shape index (κ3) is 3.28. The van der Waals surface area contributed by atoms with Gasteiger partial charge in [0.25, 0.3) is 0 Å². The fourth-order valence-electron chi connectivity index (χ4n) is 2.97. The van der Waals surface area contributed by atoms with E-state index in [0.29, 0.717) is 17.3 Å². The van der Waals surface area contributed by atoms with Crippen molar-refractivity contribution in [2.75, 3.05) is 26.4 Å². The average molecular weight is 311 g/mol. The summed E-state index contributed by atoms with van der Waals surface area (Å²) in [6.07, 6.45) is 3.82. The van der Waals surface area contributed by atoms with Gasteiger partial charge in [0.15, 0.2) is 11.5 Å². The zero-order valence-corrected chi connectivity index (χ0v) is 13.2. The Balaban J connectivity index is 1.85. The fraction of sp³-hybridized carbons (Fsp3) is 0.625. The molecule has 1 aromatic rings. The number of rotatable bonds is 7. The summed E-state index contributed by atoms with van der Waals surface area (Å²) in [6, 6.07) is 4.20. The lowest BCUT2D eigenvalue weighted by atomic mass is 10.0. The van der Waals surface area contributed by atoms with Crippen LogP contribution in [-0.4, -0.2) is 31.3 Å². The maximum absolute atomic E-state index is 6.31. The molecule has 1 fully saturated rings. The van der Waals surface area contributed by atoms with Crippen molar-refractivity contribution < 1.29 is 9.47 Å². The van der Waals surface area contributed by atoms with Gasteiger partial charge in [-0.3, -0.25) is 4.90 Å². The average Bonchev–Trinajstić information content (AvgIpc) is 3.14. The molecule has 1 unspecified atom stereocenters. The number of halogens is 1. The van der Waals surface area contributed by atoms with Crippen molar-refractivity contribution in [1.82, 2.24) is 4.90 Å². The van der Waals surface area contributed by atoms with Crippen molar-refractivity contribution in [1.29, 1.82) is 0 Å². The van der Waals surface area contributed by atoms with E-state index in [1.807, 2.05) is 12.1 Å². The molecule has 2 aliphatic rings. The maximum Gasteiger partial charge on any atom is 0.231 e. The van der Waals surface area contributed by atoms with Crippen LogP contribution in [0.1, 0.15) is 37.8 Å². The number of benzene rings is 1. The molecule has 2 N–H and O–H groups in total. The van der Waals surface area contributed by atoms with Gasteiger partial charge in [-0.15, -0.1) is 0 Å². The first-order valence-corrected chi connectivity index (χ1v) is 8.13. The van der Waals surface area contributed by atoms with Gasteiger partial charge in [0.05, 0.1) is 5.02 Å². The lowest BCUT2D eigenvalue weighted by Crippen LogP contribution is -2.36. The van der Waals surface area contributed by atoms with E-state index in [1.54, 1.807) is 0 Å². The topological polar surface area (TPSA) is 47.7 Å². The number of hydrogen-bond donors (Lipinski definition) is 1. The van der Waals surface area contributed by atoms with Gasteiger partial charge in [-0.1, -0.05) is 18.5 Å². The molecule has 1 aliphatic carbocycles. The zero-order valence-electron chi connectivity index (χ0n) is 12.5. The van der Waals surface area contributed by atoms with Crippen LogP contribution >= 0.6 is 11.6 Å². The largest absolute Gasteiger partial charge is 0.454 e. The van der Waals surface area contributed by atoms with Gasteiger partial charge in [-0.05, 0) is 49.4 Å². The molecule has 1 saturated carbocycles. The Hall–Kier alpha value is -0.970. The van der Waals surface area contributed by atoms with Crippen LogP contribution in [0.25, 0.3) is 0 Å². The third-order valence-corrected chi connectivity index (χ3v) is 4.48. The van der Waals surface area contributed by atoms with E-state index < -0.39 is 0 Å². The van der Waals surface area contributed by atoms with E-state index in [9.17, 15) is 0 Å². The standard InChI is InChI=1S/C16H23ClN2O2/c1-2-5-19(9-11-3-4-11)14(8-18)12-6-13(17)16-15(7-12)20-10-21-16/h6-7,11,14H,2-5,8-10,18H2,1H3. The Morgan fingerprint density at radius 3 is 2.86 bits per heavy atom. The summed E-state index contributed by atoms with van der Waals surface area (Å²) < 4.78 is 10.9. The molecule has 0 spiro atoms. The summed E-state index contributed by atoms with van der Waals surface area (Å²) in [6.45, 7) is 5.22. The molecular weight excluding hydrogens is 288 g/mol. The van der Waals surface area contributed by atoms with Crippen molar-refractivity contribution in [2.45, 2.75) is 32.2 Å². The van der Waals surface area contributed by atoms with E-state index in [1.165, 1.54) is 12.8 Å². The van der Waals surface area contributed by atoms with Crippen molar-refractivity contribution in [2.24, 2.45) is 11.7 Å². The summed E-state index contributed by atoms with van der Waals surface area (Å²) >= 11 is 6.31. The first-order chi connectivity index (χ1) is 10.2. The van der Waals surface area contributed by atoms with Gasteiger partial charge in [-0.25, -0.2) is 0 Å². The second kappa shape index (κ2) is 6.42. The predicted molar refractivity (Wildman–Crippen MR) is 84.0 cm³/mol. The van der Waals surface area contributed by atoms with E-state index in [4.69, 9.17) is 26.8 Å². The Bertz CT molecular complexity index is 505. The highest BCUT2D eigenvalue weighted by atomic mass is 35.5. The monoisotopic (exact) mass is 310 g/mol. The summed E-state index contributed by atoms with van der Waals surface area (Å²) in [5.74, 6) is 2.23. The lowest BCUT2D eigenvalue weighted by Gasteiger charge is -2.31. The van der Waals surface area contributed by atoms with E-state index in [-0.39, 0.29) is 12.8 Å². The SMILES string of the molecule is CCCN(CC1CC1)C(CN)c1cc(Cl)c2c(c1)OCO2. The van der Waals surface area contributed by atoms with Crippen LogP contribution in [0.2, 0.25) is 5.02 Å². The second-order valence-electron chi connectivity index (χ2n) is 5.93. The molecule has 1 atom stereocenters. The first-order valence-electron chi connectivity index (χ1n) is 7.76. The molecule has 1 aromatic carbocycles. The van der Waals surface area contributed by atoms with Crippen molar-refractivity contribution in [3.8, 4) is 11.5 Å². The van der Waals surface area contributed by atoms with Crippen LogP contribution in [0.4, 0.5) is 0 Å². The highest BCUT2D eigenvalue weighted by Crippen LogP contribution is 2.42. The number of nitrogens with zero attached hydrogens (tertiary/aromatic N) is 1. The van der Waals surface area contributed by atoms with Crippen LogP contribution in [0.15, 0.2) is 12.1 Å². The normalized spacial score (nSPS) is 18.3. The van der Waals surface area contributed by atoms with Gasteiger partial charge < -0.3 is 15.2 Å². The molecule has 0 aromatic heterocycles. The Morgan fingerprint density at radius 1 is 1.38 bits per heavy atom. The molecule has 21 heavy (non-hydrogen) atoms. The molecule has 5 heteroatoms. The van der Waals surface area contributed by atoms with Crippen LogP contribution < -0.4 is 15.2 Å². The van der Waals surface area contributed by atoms with Crippen LogP contribution in [0.3, 0.4) is 0 Å². The molecule has 1 heterocycles. The highest BCUT2D eigenvalue weighted by molar-refractivity contribution is 6.32. The third-order valence-electron chi connectivity index (χ3n) is 4.20. The minimum Gasteiger partial charge on any atom is -0.454 e. The molecule has 0 amide bonds. The molecule has 0 bridgehead atoms. The number of fused-ring (bicyclic) bond motifs is 1. The smallest absolute Gasteiger partial charge is 0.231 e. The van der Waals surface area contributed by atoms with E-state index in [2.05, 4.69) is 11.8 Å². The molecule has 1 aliphatic heterocycles. The first kappa shape index (κ1) is 14.9. The predicted octanol–water partition coefficient (Wildman–Crippen LogP) is 3.19. The van der Waals surface area contributed by atoms with Gasteiger partial charge in [0.2, 0.25) is 6.79 Å². The fourth-order valence-corrected chi connectivity index (χ4v) is 3.24. The Kier molecular flexibility index (Phi) is 4.57. The summed E-state index contributed by atoms with van der Waals surface area (Å²) in [5.41, 5.74) is 7.20. The van der Waals surface area contributed by atoms with Gasteiger partial charge >= 0.3 is 0 Å². The molecular formula is C16H23ClN2O2. The number of ether oxygens (including phenoxy) is 2. The van der Waals surface area contributed by atoms with E-state index in [0.717, 1.165) is 36.7 Å². The number of hydrogen-bond acceptors (Lipinski definition) is 4. The Morgan fingerprint density at radius 2 is 2.19 bits per heavy atom. The van der Waals surface area contributed by atoms with E-state index >= 15 is 0 Å². The summed E-state index contributed by atoms with van der Waals surface area (Å²) in [4.78, 5) is 2.49. The van der Waals surface area contributed by atoms with Gasteiger partial charge in [0.1, 0.15) is 0 Å². The Labute approximate surface area is 131 Å². The minimum absolute atomic E-state index is 0.192. The highest BCUT2D eigenvalue weighted by Gasteiger charge is 2.29. The van der Waals surface area contributed by atoms with Crippen LogP contribution in [0, 0.1) is 5.92 Å². The molecule has 3 rings (SSSR count). The quantitative estimate of drug-likeness (QED) is 0.840. The molecule has 0 radical (unpaired) electrons. The van der Waals surface area contributed by atoms with Gasteiger partial charge in [0, 0.05) is 19.1 Å². The summed E-state index contributed by atoms with van der Waals surface area (Å²) in [5, 5.41) is 0.612. The maximum atomic E-state index is 6.31. The number of nitrogens with two attached hydrogens (primary N) is 1. The minimum atomic E-state index is 0.192. The van der Waals surface area contributed by atoms with Crippen molar-refractivity contribution in [3.05, 3.63) is 22.7 Å². The molecule has 0 saturated heterocycles. The van der Waals surface area contributed by atoms with Crippen molar-refractivity contribution in [3.63, 3.8) is 0 Å². The molecule has 4 nitrogen and oxygen atoms in total. The summed E-state index contributed by atoms with van der Waals surface area (Å²) in [7, 11) is 0. The zero-order chi connectivity index (χ0) is 14.8. The molecule has 116 valence electrons. The second-order valence-corrected chi connectivity index (χ2v) is 6.33. The van der Waals surface area contributed by atoms with Crippen molar-refractivity contribution >= 4 is 11.6 Å². The van der Waals surface area contributed by atoms with Crippen LogP contribution in [0.5, 0.6) is 11.5 Å². The van der Waals surface area contributed by atoms with Gasteiger partial charge in [-0.2, -0.15) is 0 Å².